The molecule has 3 N–H and O–H groups in total. The van der Waals surface area contributed by atoms with Gasteiger partial charge in [0.25, 0.3) is 0 Å². The third-order valence-electron chi connectivity index (χ3n) is 2.68. The Balaban J connectivity index is 2.58. The van der Waals surface area contributed by atoms with E-state index in [4.69, 9.17) is 17.3 Å². The van der Waals surface area contributed by atoms with Gasteiger partial charge in [-0.1, -0.05) is 24.9 Å². The summed E-state index contributed by atoms with van der Waals surface area (Å²) in [5.74, 6) is -0.979. The van der Waals surface area contributed by atoms with E-state index in [1.807, 2.05) is 6.92 Å². The molecule has 3 nitrogen and oxygen atoms in total. The van der Waals surface area contributed by atoms with Crippen LogP contribution in [-0.4, -0.2) is 10.2 Å². The van der Waals surface area contributed by atoms with E-state index in [0.29, 0.717) is 23.5 Å². The van der Waals surface area contributed by atoms with Crippen molar-refractivity contribution in [3.05, 3.63) is 34.4 Å². The Bertz CT molecular complexity index is 581. The number of hydrogen-bond acceptors (Lipinski definition) is 2. The summed E-state index contributed by atoms with van der Waals surface area (Å²) in [5, 5.41) is 6.22. The molecule has 96 valence electrons. The van der Waals surface area contributed by atoms with Crippen LogP contribution >= 0.6 is 11.6 Å². The normalized spacial score (nSPS) is 10.9. The van der Waals surface area contributed by atoms with Crippen molar-refractivity contribution in [3.8, 4) is 11.3 Å². The number of nitrogens with two attached hydrogens (primary N) is 1. The molecule has 0 aliphatic rings. The van der Waals surface area contributed by atoms with Crippen LogP contribution < -0.4 is 5.73 Å². The van der Waals surface area contributed by atoms with Gasteiger partial charge in [-0.25, -0.2) is 8.78 Å². The van der Waals surface area contributed by atoms with Crippen LogP contribution in [-0.2, 0) is 6.42 Å². The van der Waals surface area contributed by atoms with E-state index in [0.717, 1.165) is 18.6 Å². The first-order valence-corrected chi connectivity index (χ1v) is 5.90. The fourth-order valence-corrected chi connectivity index (χ4v) is 1.97. The summed E-state index contributed by atoms with van der Waals surface area (Å²) in [6, 6.07) is 1.99. The predicted octanol–water partition coefficient (Wildman–Crippen LogP) is 3.54. The van der Waals surface area contributed by atoms with Gasteiger partial charge in [-0.15, -0.1) is 0 Å². The highest BCUT2D eigenvalue weighted by atomic mass is 35.5. The van der Waals surface area contributed by atoms with Crippen LogP contribution in [0.25, 0.3) is 11.3 Å². The molecule has 1 heterocycles. The first-order chi connectivity index (χ1) is 8.54. The number of hydrogen-bond donors (Lipinski definition) is 2. The molecule has 0 unspecified atom stereocenters. The van der Waals surface area contributed by atoms with Gasteiger partial charge in [-0.3, -0.25) is 5.10 Å². The molecule has 2 aromatic rings. The second-order valence-corrected chi connectivity index (χ2v) is 4.37. The van der Waals surface area contributed by atoms with Gasteiger partial charge in [0, 0.05) is 11.1 Å². The third kappa shape index (κ3) is 2.18. The Morgan fingerprint density at radius 3 is 2.72 bits per heavy atom. The minimum Gasteiger partial charge on any atom is -0.382 e. The zero-order valence-electron chi connectivity index (χ0n) is 9.73. The third-order valence-corrected chi connectivity index (χ3v) is 2.97. The fourth-order valence-electron chi connectivity index (χ4n) is 1.82. The molecule has 0 fully saturated rings. The molecule has 0 radical (unpaired) electrons. The molecule has 1 aromatic heterocycles. The summed E-state index contributed by atoms with van der Waals surface area (Å²) in [4.78, 5) is 0. The number of anilines is 1. The minimum atomic E-state index is -0.677. The number of aromatic nitrogens is 2. The summed E-state index contributed by atoms with van der Waals surface area (Å²) in [7, 11) is 0. The number of aromatic amines is 1. The van der Waals surface area contributed by atoms with Crippen molar-refractivity contribution in [2.24, 2.45) is 0 Å². The summed E-state index contributed by atoms with van der Waals surface area (Å²) in [6.07, 6.45) is 1.47. The standard InChI is InChI=1S/C12H12ClF2N3/c1-2-3-6-11(17-18-12(6)16)7-4-10(15)8(13)5-9(7)14/h4-5H,2-3H2,1H3,(H3,16,17,18). The molecule has 0 saturated heterocycles. The van der Waals surface area contributed by atoms with Crippen LogP contribution in [0.2, 0.25) is 5.02 Å². The number of benzene rings is 1. The highest BCUT2D eigenvalue weighted by molar-refractivity contribution is 6.30. The average Bonchev–Trinajstić information content (AvgIpc) is 2.67. The molecular formula is C12H12ClF2N3. The Kier molecular flexibility index (Phi) is 3.52. The monoisotopic (exact) mass is 271 g/mol. The van der Waals surface area contributed by atoms with Gasteiger partial charge in [0.1, 0.15) is 17.5 Å². The molecule has 6 heteroatoms. The van der Waals surface area contributed by atoms with Crippen molar-refractivity contribution in [3.63, 3.8) is 0 Å². The Morgan fingerprint density at radius 2 is 2.06 bits per heavy atom. The van der Waals surface area contributed by atoms with Crippen LogP contribution in [0.1, 0.15) is 18.9 Å². The van der Waals surface area contributed by atoms with Crippen LogP contribution in [0.3, 0.4) is 0 Å². The Labute approximate surface area is 108 Å². The molecule has 0 atom stereocenters. The summed E-state index contributed by atoms with van der Waals surface area (Å²) in [5.41, 5.74) is 6.88. The summed E-state index contributed by atoms with van der Waals surface area (Å²) in [6.45, 7) is 1.97. The molecular weight excluding hydrogens is 260 g/mol. The van der Waals surface area contributed by atoms with Gasteiger partial charge in [0.15, 0.2) is 0 Å². The van der Waals surface area contributed by atoms with E-state index in [-0.39, 0.29) is 10.6 Å². The van der Waals surface area contributed by atoms with Crippen molar-refractivity contribution in [2.45, 2.75) is 19.8 Å². The van der Waals surface area contributed by atoms with Gasteiger partial charge >= 0.3 is 0 Å². The molecule has 18 heavy (non-hydrogen) atoms. The number of nitrogens with one attached hydrogen (secondary N) is 1. The molecule has 0 saturated carbocycles. The van der Waals surface area contributed by atoms with E-state index in [1.165, 1.54) is 0 Å². The summed E-state index contributed by atoms with van der Waals surface area (Å²) < 4.78 is 27.2. The van der Waals surface area contributed by atoms with Crippen LogP contribution in [0.15, 0.2) is 12.1 Å². The lowest BCUT2D eigenvalue weighted by Gasteiger charge is -2.05. The molecule has 2 rings (SSSR count). The van der Waals surface area contributed by atoms with Crippen molar-refractivity contribution < 1.29 is 8.78 Å². The van der Waals surface area contributed by atoms with Crippen LogP contribution in [0, 0.1) is 11.6 Å². The van der Waals surface area contributed by atoms with E-state index < -0.39 is 11.6 Å². The van der Waals surface area contributed by atoms with Crippen LogP contribution in [0.4, 0.5) is 14.6 Å². The largest absolute Gasteiger partial charge is 0.382 e. The van der Waals surface area contributed by atoms with Gasteiger partial charge in [0.05, 0.1) is 10.7 Å². The zero-order valence-corrected chi connectivity index (χ0v) is 10.5. The maximum atomic E-state index is 13.8. The van der Waals surface area contributed by atoms with E-state index >= 15 is 0 Å². The lowest BCUT2D eigenvalue weighted by atomic mass is 10.0. The highest BCUT2D eigenvalue weighted by Gasteiger charge is 2.17. The van der Waals surface area contributed by atoms with Gasteiger partial charge < -0.3 is 5.73 Å². The topological polar surface area (TPSA) is 54.7 Å². The van der Waals surface area contributed by atoms with Gasteiger partial charge in [-0.05, 0) is 18.6 Å². The number of H-pyrrole nitrogens is 1. The van der Waals surface area contributed by atoms with Crippen molar-refractivity contribution in [1.82, 2.24) is 10.2 Å². The molecule has 0 aliphatic heterocycles. The van der Waals surface area contributed by atoms with E-state index in [2.05, 4.69) is 10.2 Å². The van der Waals surface area contributed by atoms with Crippen molar-refractivity contribution in [1.29, 1.82) is 0 Å². The second kappa shape index (κ2) is 4.94. The van der Waals surface area contributed by atoms with Crippen molar-refractivity contribution in [2.75, 3.05) is 5.73 Å². The van der Waals surface area contributed by atoms with Gasteiger partial charge in [0.2, 0.25) is 0 Å². The fraction of sp³-hybridized carbons (Fsp3) is 0.250. The second-order valence-electron chi connectivity index (χ2n) is 3.96. The summed E-state index contributed by atoms with van der Waals surface area (Å²) >= 11 is 5.51. The SMILES string of the molecule is CCCc1c(N)n[nH]c1-c1cc(F)c(Cl)cc1F. The predicted molar refractivity (Wildman–Crippen MR) is 67.4 cm³/mol. The van der Waals surface area contributed by atoms with Crippen LogP contribution in [0.5, 0.6) is 0 Å². The number of halogens is 3. The molecule has 0 amide bonds. The van der Waals surface area contributed by atoms with Gasteiger partial charge in [-0.2, -0.15) is 5.10 Å². The maximum absolute atomic E-state index is 13.8. The first-order valence-electron chi connectivity index (χ1n) is 5.52. The molecule has 0 bridgehead atoms. The van der Waals surface area contributed by atoms with E-state index in [1.54, 1.807) is 0 Å². The Hall–Kier alpha value is -1.62. The molecule has 0 spiro atoms. The quantitative estimate of drug-likeness (QED) is 0.839. The zero-order chi connectivity index (χ0) is 13.3. The van der Waals surface area contributed by atoms with Crippen molar-refractivity contribution >= 4 is 17.4 Å². The molecule has 0 aliphatic carbocycles. The average molecular weight is 272 g/mol. The lowest BCUT2D eigenvalue weighted by molar-refractivity contribution is 0.603. The minimum absolute atomic E-state index is 0.0875. The smallest absolute Gasteiger partial charge is 0.149 e. The molecule has 1 aromatic carbocycles. The lowest BCUT2D eigenvalue weighted by Crippen LogP contribution is -1.95. The Morgan fingerprint density at radius 1 is 1.33 bits per heavy atom. The number of nitrogens with zero attached hydrogens (tertiary/aromatic N) is 1. The highest BCUT2D eigenvalue weighted by Crippen LogP contribution is 2.31. The van der Waals surface area contributed by atoms with E-state index in [9.17, 15) is 8.78 Å². The first kappa shape index (κ1) is 12.8. The number of nitrogen functional groups attached to an aromatic ring is 1. The number of rotatable bonds is 3. The maximum Gasteiger partial charge on any atom is 0.149 e.